The Hall–Kier alpha value is -2.94. The van der Waals surface area contributed by atoms with Crippen LogP contribution in [0.3, 0.4) is 0 Å². The molecule has 34 heavy (non-hydrogen) atoms. The number of para-hydroxylation sites is 1. The molecular formula is C25H34FN3O4S. The van der Waals surface area contributed by atoms with Crippen molar-refractivity contribution >= 4 is 27.5 Å². The van der Waals surface area contributed by atoms with Crippen molar-refractivity contribution in [3.8, 4) is 0 Å². The van der Waals surface area contributed by atoms with Gasteiger partial charge in [0.2, 0.25) is 21.8 Å². The van der Waals surface area contributed by atoms with Gasteiger partial charge in [-0.3, -0.25) is 13.9 Å². The first-order chi connectivity index (χ1) is 16.0. The van der Waals surface area contributed by atoms with Crippen molar-refractivity contribution in [1.29, 1.82) is 0 Å². The van der Waals surface area contributed by atoms with E-state index in [2.05, 4.69) is 5.32 Å². The van der Waals surface area contributed by atoms with E-state index in [0.29, 0.717) is 6.54 Å². The molecule has 0 bridgehead atoms. The molecular weight excluding hydrogens is 457 g/mol. The Labute approximate surface area is 202 Å². The second-order valence-electron chi connectivity index (χ2n) is 8.36. The van der Waals surface area contributed by atoms with Crippen LogP contribution in [0.15, 0.2) is 48.5 Å². The number of nitrogens with one attached hydrogen (secondary N) is 1. The van der Waals surface area contributed by atoms with E-state index in [0.717, 1.165) is 28.1 Å². The van der Waals surface area contributed by atoms with Crippen molar-refractivity contribution in [3.63, 3.8) is 0 Å². The fourth-order valence-corrected chi connectivity index (χ4v) is 4.47. The van der Waals surface area contributed by atoms with Gasteiger partial charge in [-0.05, 0) is 44.4 Å². The molecule has 0 unspecified atom stereocenters. The van der Waals surface area contributed by atoms with E-state index in [4.69, 9.17) is 0 Å². The van der Waals surface area contributed by atoms with Crippen LogP contribution >= 0.6 is 0 Å². The minimum Gasteiger partial charge on any atom is -0.354 e. The van der Waals surface area contributed by atoms with E-state index in [9.17, 15) is 22.4 Å². The summed E-state index contributed by atoms with van der Waals surface area (Å²) >= 11 is 0. The maximum Gasteiger partial charge on any atom is 0.242 e. The van der Waals surface area contributed by atoms with Crippen LogP contribution in [0.5, 0.6) is 0 Å². The van der Waals surface area contributed by atoms with Crippen LogP contribution in [0.25, 0.3) is 0 Å². The largest absolute Gasteiger partial charge is 0.354 e. The van der Waals surface area contributed by atoms with Crippen LogP contribution in [0.4, 0.5) is 10.1 Å². The molecule has 1 N–H and O–H groups in total. The topological polar surface area (TPSA) is 86.8 Å². The zero-order valence-electron chi connectivity index (χ0n) is 20.3. The van der Waals surface area contributed by atoms with Crippen molar-refractivity contribution < 1.29 is 22.4 Å². The Morgan fingerprint density at radius 3 is 2.32 bits per heavy atom. The summed E-state index contributed by atoms with van der Waals surface area (Å²) in [5.41, 5.74) is 1.92. The van der Waals surface area contributed by atoms with Gasteiger partial charge < -0.3 is 10.2 Å². The SMILES string of the molecule is CCCNC(=O)[C@@H](C)N(Cc1ccc(C)cc1)C(=O)CCCN(c1ccccc1F)S(C)(=O)=O. The molecule has 0 saturated heterocycles. The fraction of sp³-hybridized carbons (Fsp3) is 0.440. The third-order valence-corrected chi connectivity index (χ3v) is 6.64. The van der Waals surface area contributed by atoms with Gasteiger partial charge in [0.1, 0.15) is 11.9 Å². The highest BCUT2D eigenvalue weighted by molar-refractivity contribution is 7.92. The standard InChI is InChI=1S/C25H34FN3O4S/c1-5-16-27-25(31)20(3)28(18-21-14-12-19(2)13-15-21)24(30)11-8-17-29(34(4,32)33)23-10-7-6-9-22(23)26/h6-7,9-10,12-15,20H,5,8,11,16-18H2,1-4H3,(H,27,31)/t20-/m1/s1. The summed E-state index contributed by atoms with van der Waals surface area (Å²) in [5.74, 6) is -1.17. The summed E-state index contributed by atoms with van der Waals surface area (Å²) in [6.45, 7) is 6.31. The highest BCUT2D eigenvalue weighted by Crippen LogP contribution is 2.22. The average molecular weight is 492 g/mol. The minimum atomic E-state index is -3.75. The van der Waals surface area contributed by atoms with Gasteiger partial charge >= 0.3 is 0 Å². The molecule has 2 amide bonds. The molecule has 0 radical (unpaired) electrons. The lowest BCUT2D eigenvalue weighted by Crippen LogP contribution is -2.47. The number of rotatable bonds is 12. The van der Waals surface area contributed by atoms with Crippen LogP contribution in [0, 0.1) is 12.7 Å². The summed E-state index contributed by atoms with van der Waals surface area (Å²) in [5, 5.41) is 2.82. The first-order valence-electron chi connectivity index (χ1n) is 11.4. The van der Waals surface area contributed by atoms with E-state index in [1.807, 2.05) is 38.1 Å². The molecule has 0 spiro atoms. The van der Waals surface area contributed by atoms with E-state index in [1.54, 1.807) is 13.0 Å². The quantitative estimate of drug-likeness (QED) is 0.491. The van der Waals surface area contributed by atoms with E-state index in [1.165, 1.54) is 23.1 Å². The van der Waals surface area contributed by atoms with Gasteiger partial charge in [0.05, 0.1) is 11.9 Å². The Morgan fingerprint density at radius 1 is 1.09 bits per heavy atom. The van der Waals surface area contributed by atoms with Crippen molar-refractivity contribution in [1.82, 2.24) is 10.2 Å². The predicted molar refractivity (Wildman–Crippen MR) is 132 cm³/mol. The molecule has 1 atom stereocenters. The zero-order chi connectivity index (χ0) is 25.3. The molecule has 0 aliphatic carbocycles. The molecule has 2 rings (SSSR count). The third-order valence-electron chi connectivity index (χ3n) is 5.46. The number of aryl methyl sites for hydroxylation is 1. The van der Waals surface area contributed by atoms with E-state index < -0.39 is 21.9 Å². The smallest absolute Gasteiger partial charge is 0.242 e. The first-order valence-corrected chi connectivity index (χ1v) is 13.2. The number of hydrogen-bond donors (Lipinski definition) is 1. The molecule has 0 aliphatic rings. The summed E-state index contributed by atoms with van der Waals surface area (Å²) in [4.78, 5) is 27.3. The maximum absolute atomic E-state index is 14.2. The van der Waals surface area contributed by atoms with Gasteiger partial charge in [-0.2, -0.15) is 0 Å². The maximum atomic E-state index is 14.2. The first kappa shape index (κ1) is 27.3. The fourth-order valence-electron chi connectivity index (χ4n) is 3.51. The van der Waals surface area contributed by atoms with Gasteiger partial charge in [-0.25, -0.2) is 12.8 Å². The number of anilines is 1. The van der Waals surface area contributed by atoms with Crippen LogP contribution in [-0.4, -0.2) is 50.5 Å². The van der Waals surface area contributed by atoms with Crippen molar-refractivity contribution in [2.45, 2.75) is 52.6 Å². The molecule has 0 fully saturated rings. The molecule has 0 saturated carbocycles. The Kier molecular flexibility index (Phi) is 10.0. The molecule has 0 aliphatic heterocycles. The molecule has 9 heteroatoms. The van der Waals surface area contributed by atoms with Crippen LogP contribution < -0.4 is 9.62 Å². The van der Waals surface area contributed by atoms with Gasteiger partial charge in [0, 0.05) is 26.1 Å². The average Bonchev–Trinajstić information content (AvgIpc) is 2.79. The zero-order valence-corrected chi connectivity index (χ0v) is 21.1. The second kappa shape index (κ2) is 12.5. The Morgan fingerprint density at radius 2 is 1.74 bits per heavy atom. The number of sulfonamides is 1. The number of halogens is 1. The summed E-state index contributed by atoms with van der Waals surface area (Å²) in [7, 11) is -3.75. The number of nitrogens with zero attached hydrogens (tertiary/aromatic N) is 2. The van der Waals surface area contributed by atoms with Gasteiger partial charge in [-0.15, -0.1) is 0 Å². The van der Waals surface area contributed by atoms with E-state index in [-0.39, 0.29) is 43.4 Å². The summed E-state index contributed by atoms with van der Waals surface area (Å²) in [6.07, 6.45) is 1.97. The molecule has 7 nitrogen and oxygen atoms in total. The van der Waals surface area contributed by atoms with Crippen molar-refractivity contribution in [3.05, 3.63) is 65.5 Å². The second-order valence-corrected chi connectivity index (χ2v) is 10.3. The number of amides is 2. The van der Waals surface area contributed by atoms with Crippen LogP contribution in [0.1, 0.15) is 44.2 Å². The summed E-state index contributed by atoms with van der Waals surface area (Å²) < 4.78 is 39.7. The van der Waals surface area contributed by atoms with Crippen molar-refractivity contribution in [2.75, 3.05) is 23.7 Å². The highest BCUT2D eigenvalue weighted by atomic mass is 32.2. The number of hydrogen-bond acceptors (Lipinski definition) is 4. The molecule has 0 heterocycles. The number of carbonyl (C=O) groups is 2. The number of carbonyl (C=O) groups excluding carboxylic acids is 2. The minimum absolute atomic E-state index is 0.0116. The predicted octanol–water partition coefficient (Wildman–Crippen LogP) is 3.62. The highest BCUT2D eigenvalue weighted by Gasteiger charge is 2.27. The molecule has 2 aromatic rings. The molecule has 186 valence electrons. The van der Waals surface area contributed by atoms with Crippen LogP contribution in [-0.2, 0) is 26.2 Å². The van der Waals surface area contributed by atoms with Crippen LogP contribution in [0.2, 0.25) is 0 Å². The Balaban J connectivity index is 2.15. The lowest BCUT2D eigenvalue weighted by atomic mass is 10.1. The molecule has 0 aromatic heterocycles. The monoisotopic (exact) mass is 491 g/mol. The molecule has 2 aromatic carbocycles. The van der Waals surface area contributed by atoms with E-state index >= 15 is 0 Å². The lowest BCUT2D eigenvalue weighted by molar-refractivity contribution is -0.140. The van der Waals surface area contributed by atoms with Gasteiger partial charge in [0.15, 0.2) is 0 Å². The lowest BCUT2D eigenvalue weighted by Gasteiger charge is -2.29. The third kappa shape index (κ3) is 7.83. The summed E-state index contributed by atoms with van der Waals surface area (Å²) in [6, 6.07) is 12.6. The normalized spacial score (nSPS) is 12.1. The van der Waals surface area contributed by atoms with Gasteiger partial charge in [0.25, 0.3) is 0 Å². The number of benzene rings is 2. The van der Waals surface area contributed by atoms with Gasteiger partial charge in [-0.1, -0.05) is 48.9 Å². The van der Waals surface area contributed by atoms with Crippen molar-refractivity contribution in [2.24, 2.45) is 0 Å². The Bertz CT molecular complexity index is 1070.